The smallest absolute Gasteiger partial charge is 0.228 e. The van der Waals surface area contributed by atoms with E-state index >= 15 is 0 Å². The van der Waals surface area contributed by atoms with Crippen molar-refractivity contribution in [1.29, 1.82) is 0 Å². The molecule has 130 valence electrons. The lowest BCUT2D eigenvalue weighted by Gasteiger charge is -2.37. The fourth-order valence-corrected chi connectivity index (χ4v) is 3.64. The average Bonchev–Trinajstić information content (AvgIpc) is 2.99. The number of rotatable bonds is 2. The van der Waals surface area contributed by atoms with E-state index in [-0.39, 0.29) is 17.7 Å². The third-order valence-corrected chi connectivity index (χ3v) is 5.13. The summed E-state index contributed by atoms with van der Waals surface area (Å²) >= 11 is 0. The van der Waals surface area contributed by atoms with Crippen LogP contribution in [0.5, 0.6) is 0 Å². The Hall–Kier alpha value is -2.70. The third-order valence-electron chi connectivity index (χ3n) is 5.13. The van der Waals surface area contributed by atoms with Crippen LogP contribution in [0.2, 0.25) is 0 Å². The molecule has 0 spiro atoms. The first-order valence-electron chi connectivity index (χ1n) is 8.59. The molecule has 1 aromatic heterocycles. The molecule has 25 heavy (non-hydrogen) atoms. The van der Waals surface area contributed by atoms with Crippen molar-refractivity contribution in [2.75, 3.05) is 44.7 Å². The maximum atomic E-state index is 12.6. The largest absolute Gasteiger partial charge is 0.368 e. The van der Waals surface area contributed by atoms with Crippen molar-refractivity contribution in [3.8, 4) is 0 Å². The van der Waals surface area contributed by atoms with Crippen molar-refractivity contribution in [3.05, 3.63) is 30.7 Å². The molecule has 1 unspecified atom stereocenters. The van der Waals surface area contributed by atoms with E-state index in [0.717, 1.165) is 29.7 Å². The summed E-state index contributed by atoms with van der Waals surface area (Å²) < 4.78 is 0. The SMILES string of the molecule is CN1CC(C(=O)N2CCN(c3ccc4ncncc4c3)CC2)CC1=O. The average molecular weight is 339 g/mol. The Labute approximate surface area is 146 Å². The summed E-state index contributed by atoms with van der Waals surface area (Å²) in [5.74, 6) is 0.00139. The van der Waals surface area contributed by atoms with Gasteiger partial charge in [0.05, 0.1) is 11.4 Å². The van der Waals surface area contributed by atoms with Gasteiger partial charge in [-0.25, -0.2) is 9.97 Å². The van der Waals surface area contributed by atoms with Crippen LogP contribution in [-0.2, 0) is 9.59 Å². The van der Waals surface area contributed by atoms with Gasteiger partial charge in [0.2, 0.25) is 11.8 Å². The lowest BCUT2D eigenvalue weighted by atomic mass is 10.1. The summed E-state index contributed by atoms with van der Waals surface area (Å²) in [4.78, 5) is 38.4. The van der Waals surface area contributed by atoms with Gasteiger partial charge in [-0.1, -0.05) is 0 Å². The van der Waals surface area contributed by atoms with E-state index in [9.17, 15) is 9.59 Å². The Morgan fingerprint density at radius 1 is 1.20 bits per heavy atom. The predicted molar refractivity (Wildman–Crippen MR) is 94.1 cm³/mol. The molecule has 0 N–H and O–H groups in total. The number of likely N-dealkylation sites (tertiary alicyclic amines) is 1. The van der Waals surface area contributed by atoms with Crippen molar-refractivity contribution in [2.45, 2.75) is 6.42 Å². The van der Waals surface area contributed by atoms with E-state index < -0.39 is 0 Å². The molecule has 2 fully saturated rings. The minimum Gasteiger partial charge on any atom is -0.368 e. The van der Waals surface area contributed by atoms with E-state index in [1.165, 1.54) is 0 Å². The Balaban J connectivity index is 1.40. The Morgan fingerprint density at radius 3 is 2.72 bits per heavy atom. The van der Waals surface area contributed by atoms with Crippen LogP contribution in [0.3, 0.4) is 0 Å². The highest BCUT2D eigenvalue weighted by atomic mass is 16.2. The molecule has 7 heteroatoms. The first-order valence-corrected chi connectivity index (χ1v) is 8.59. The second-order valence-corrected chi connectivity index (χ2v) is 6.75. The fourth-order valence-electron chi connectivity index (χ4n) is 3.64. The Kier molecular flexibility index (Phi) is 3.99. The van der Waals surface area contributed by atoms with Gasteiger partial charge in [0, 0.05) is 63.5 Å². The number of amides is 2. The zero-order valence-electron chi connectivity index (χ0n) is 14.3. The standard InChI is InChI=1S/C18H21N5O2/c1-21-11-14(9-17(21)24)18(25)23-6-4-22(5-7-23)15-2-3-16-13(8-15)10-19-12-20-16/h2-3,8,10,12,14H,4-7,9,11H2,1H3. The fraction of sp³-hybridized carbons (Fsp3) is 0.444. The zero-order valence-corrected chi connectivity index (χ0v) is 14.3. The summed E-state index contributed by atoms with van der Waals surface area (Å²) in [5, 5.41) is 1.02. The predicted octanol–water partition coefficient (Wildman–Crippen LogP) is 0.757. The van der Waals surface area contributed by atoms with Gasteiger partial charge in [-0.3, -0.25) is 9.59 Å². The number of nitrogens with zero attached hydrogens (tertiary/aromatic N) is 5. The van der Waals surface area contributed by atoms with E-state index in [0.29, 0.717) is 26.1 Å². The van der Waals surface area contributed by atoms with Crippen LogP contribution in [-0.4, -0.2) is 71.4 Å². The molecule has 2 aliphatic rings. The van der Waals surface area contributed by atoms with Gasteiger partial charge in [0.25, 0.3) is 0 Å². The van der Waals surface area contributed by atoms with Crippen LogP contribution in [0.15, 0.2) is 30.7 Å². The van der Waals surface area contributed by atoms with Crippen molar-refractivity contribution >= 4 is 28.4 Å². The second-order valence-electron chi connectivity index (χ2n) is 6.75. The number of aromatic nitrogens is 2. The van der Waals surface area contributed by atoms with Crippen LogP contribution < -0.4 is 4.90 Å². The summed E-state index contributed by atoms with van der Waals surface area (Å²) in [7, 11) is 1.76. The van der Waals surface area contributed by atoms with Gasteiger partial charge in [0.1, 0.15) is 6.33 Å². The normalized spacial score (nSPS) is 21.2. The topological polar surface area (TPSA) is 69.6 Å². The molecule has 7 nitrogen and oxygen atoms in total. The Bertz CT molecular complexity index is 816. The highest BCUT2D eigenvalue weighted by molar-refractivity contribution is 5.89. The van der Waals surface area contributed by atoms with Gasteiger partial charge < -0.3 is 14.7 Å². The number of anilines is 1. The monoisotopic (exact) mass is 339 g/mol. The summed E-state index contributed by atoms with van der Waals surface area (Å²) in [6, 6.07) is 6.17. The number of benzene rings is 1. The number of carbonyl (C=O) groups is 2. The minimum absolute atomic E-state index is 0.0652. The lowest BCUT2D eigenvalue weighted by Crippen LogP contribution is -2.50. The molecule has 2 aliphatic heterocycles. The van der Waals surface area contributed by atoms with Gasteiger partial charge >= 0.3 is 0 Å². The van der Waals surface area contributed by atoms with Crippen LogP contribution in [0.4, 0.5) is 5.69 Å². The molecule has 2 saturated heterocycles. The van der Waals surface area contributed by atoms with Crippen LogP contribution in [0.1, 0.15) is 6.42 Å². The van der Waals surface area contributed by atoms with Crippen LogP contribution in [0.25, 0.3) is 10.9 Å². The van der Waals surface area contributed by atoms with Gasteiger partial charge in [-0.15, -0.1) is 0 Å². The minimum atomic E-state index is -0.179. The molecule has 1 atom stereocenters. The molecule has 2 amide bonds. The molecule has 2 aromatic rings. The number of carbonyl (C=O) groups excluding carboxylic acids is 2. The van der Waals surface area contributed by atoms with E-state index in [4.69, 9.17) is 0 Å². The highest BCUT2D eigenvalue weighted by Crippen LogP contribution is 2.23. The van der Waals surface area contributed by atoms with Crippen molar-refractivity contribution < 1.29 is 9.59 Å². The molecule has 0 radical (unpaired) electrons. The molecule has 0 saturated carbocycles. The van der Waals surface area contributed by atoms with Gasteiger partial charge in [-0.05, 0) is 18.2 Å². The number of piperazine rings is 1. The Morgan fingerprint density at radius 2 is 2.00 bits per heavy atom. The van der Waals surface area contributed by atoms with Gasteiger partial charge in [0.15, 0.2) is 0 Å². The maximum absolute atomic E-state index is 12.6. The van der Waals surface area contributed by atoms with E-state index in [1.807, 2.05) is 17.2 Å². The number of hydrogen-bond donors (Lipinski definition) is 0. The highest BCUT2D eigenvalue weighted by Gasteiger charge is 2.35. The van der Waals surface area contributed by atoms with E-state index in [2.05, 4.69) is 27.0 Å². The molecule has 4 rings (SSSR count). The molecule has 0 aliphatic carbocycles. The van der Waals surface area contributed by atoms with Crippen LogP contribution >= 0.6 is 0 Å². The molecular formula is C18H21N5O2. The molecule has 1 aromatic carbocycles. The third kappa shape index (κ3) is 3.01. The van der Waals surface area contributed by atoms with E-state index in [1.54, 1.807) is 18.3 Å². The summed E-state index contributed by atoms with van der Waals surface area (Å²) in [6.45, 7) is 3.51. The summed E-state index contributed by atoms with van der Waals surface area (Å²) in [5.41, 5.74) is 2.06. The second kappa shape index (κ2) is 6.31. The number of fused-ring (bicyclic) bond motifs is 1. The zero-order chi connectivity index (χ0) is 17.4. The van der Waals surface area contributed by atoms with Crippen LogP contribution in [0, 0.1) is 5.92 Å². The van der Waals surface area contributed by atoms with Crippen molar-refractivity contribution in [2.24, 2.45) is 5.92 Å². The van der Waals surface area contributed by atoms with Gasteiger partial charge in [-0.2, -0.15) is 0 Å². The first kappa shape index (κ1) is 15.8. The molecule has 0 bridgehead atoms. The summed E-state index contributed by atoms with van der Waals surface area (Å²) in [6.07, 6.45) is 3.72. The van der Waals surface area contributed by atoms with Crippen molar-refractivity contribution in [1.82, 2.24) is 19.8 Å². The molecule has 3 heterocycles. The quantitative estimate of drug-likeness (QED) is 0.808. The maximum Gasteiger partial charge on any atom is 0.228 e. The number of hydrogen-bond acceptors (Lipinski definition) is 5. The molecular weight excluding hydrogens is 318 g/mol. The lowest BCUT2D eigenvalue weighted by molar-refractivity contribution is -0.136. The van der Waals surface area contributed by atoms with Crippen molar-refractivity contribution in [3.63, 3.8) is 0 Å². The first-order chi connectivity index (χ1) is 12.1.